The molecule has 0 bridgehead atoms. The van der Waals surface area contributed by atoms with Gasteiger partial charge in [0.2, 0.25) is 0 Å². The first-order valence-electron chi connectivity index (χ1n) is 6.67. The van der Waals surface area contributed by atoms with Crippen molar-refractivity contribution in [3.63, 3.8) is 0 Å². The smallest absolute Gasteiger partial charge is 0.412 e. The Hall–Kier alpha value is -3.09. The molecule has 0 aliphatic carbocycles. The second-order valence-corrected chi connectivity index (χ2v) is 4.59. The number of carbonyl (C=O) groups excluding carboxylic acids is 1. The number of hydrogen-bond acceptors (Lipinski definition) is 5. The normalized spacial score (nSPS) is 10.5. The minimum atomic E-state index is -0.547. The zero-order valence-electron chi connectivity index (χ0n) is 12.2. The van der Waals surface area contributed by atoms with E-state index >= 15 is 0 Å². The molecule has 7 nitrogen and oxygen atoms in total. The highest BCUT2D eigenvalue weighted by molar-refractivity contribution is 5.83. The Balaban J connectivity index is 1.95. The van der Waals surface area contributed by atoms with E-state index in [1.807, 2.05) is 35.8 Å². The summed E-state index contributed by atoms with van der Waals surface area (Å²) in [5, 5.41) is 5.61. The van der Waals surface area contributed by atoms with Gasteiger partial charge in [0, 0.05) is 25.0 Å². The molecule has 3 aromatic heterocycles. The highest BCUT2D eigenvalue weighted by Crippen LogP contribution is 2.22. The van der Waals surface area contributed by atoms with Crippen molar-refractivity contribution < 1.29 is 9.53 Å². The van der Waals surface area contributed by atoms with Crippen molar-refractivity contribution in [2.75, 3.05) is 24.8 Å². The fourth-order valence-corrected chi connectivity index (χ4v) is 2.12. The number of anilines is 2. The van der Waals surface area contributed by atoms with Gasteiger partial charge >= 0.3 is 6.09 Å². The summed E-state index contributed by atoms with van der Waals surface area (Å²) < 4.78 is 6.51. The Labute approximate surface area is 127 Å². The van der Waals surface area contributed by atoms with Crippen LogP contribution in [0, 0.1) is 0 Å². The lowest BCUT2D eigenvalue weighted by atomic mass is 10.2. The van der Waals surface area contributed by atoms with Gasteiger partial charge in [-0.15, -0.1) is 0 Å². The molecular formula is C15H15N5O2. The minimum absolute atomic E-state index is 0.431. The number of fused-ring (bicyclic) bond motifs is 1. The second kappa shape index (κ2) is 5.72. The van der Waals surface area contributed by atoms with Gasteiger partial charge in [-0.05, 0) is 24.3 Å². The first kappa shape index (κ1) is 13.9. The van der Waals surface area contributed by atoms with Crippen LogP contribution in [0.5, 0.6) is 0 Å². The molecule has 3 heterocycles. The van der Waals surface area contributed by atoms with Gasteiger partial charge in [-0.3, -0.25) is 9.72 Å². The van der Waals surface area contributed by atoms with Gasteiger partial charge in [0.25, 0.3) is 0 Å². The molecule has 0 aliphatic rings. The molecule has 112 valence electrons. The Bertz CT molecular complexity index is 810. The molecule has 0 saturated carbocycles. The number of methoxy groups -OCH3 is 1. The van der Waals surface area contributed by atoms with Gasteiger partial charge in [-0.2, -0.15) is 0 Å². The van der Waals surface area contributed by atoms with Gasteiger partial charge in [-0.25, -0.2) is 14.8 Å². The van der Waals surface area contributed by atoms with Crippen LogP contribution in [0.15, 0.2) is 42.9 Å². The van der Waals surface area contributed by atoms with Crippen LogP contribution in [0.4, 0.5) is 16.3 Å². The van der Waals surface area contributed by atoms with E-state index in [-0.39, 0.29) is 0 Å². The van der Waals surface area contributed by atoms with Crippen LogP contribution in [0.2, 0.25) is 0 Å². The molecule has 0 unspecified atom stereocenters. The minimum Gasteiger partial charge on any atom is -0.453 e. The van der Waals surface area contributed by atoms with Crippen LogP contribution in [0.25, 0.3) is 16.9 Å². The van der Waals surface area contributed by atoms with Crippen LogP contribution in [0.3, 0.4) is 0 Å². The monoisotopic (exact) mass is 297 g/mol. The predicted molar refractivity (Wildman–Crippen MR) is 84.0 cm³/mol. The van der Waals surface area contributed by atoms with E-state index in [9.17, 15) is 4.79 Å². The molecule has 0 radical (unpaired) electrons. The highest BCUT2D eigenvalue weighted by atomic mass is 16.5. The van der Waals surface area contributed by atoms with E-state index in [4.69, 9.17) is 0 Å². The molecule has 3 aromatic rings. The lowest BCUT2D eigenvalue weighted by Crippen LogP contribution is -2.11. The molecule has 0 aliphatic heterocycles. The number of imidazole rings is 1. The molecular weight excluding hydrogens is 282 g/mol. The lowest BCUT2D eigenvalue weighted by Gasteiger charge is -2.06. The van der Waals surface area contributed by atoms with Crippen molar-refractivity contribution >= 4 is 23.2 Å². The summed E-state index contributed by atoms with van der Waals surface area (Å²) in [6, 6.07) is 7.49. The number of carbonyl (C=O) groups is 1. The Morgan fingerprint density at radius 3 is 2.73 bits per heavy atom. The van der Waals surface area contributed by atoms with Crippen molar-refractivity contribution in [1.82, 2.24) is 14.4 Å². The number of amides is 1. The molecule has 0 aromatic carbocycles. The van der Waals surface area contributed by atoms with E-state index in [0.717, 1.165) is 22.6 Å². The average Bonchev–Trinajstić information content (AvgIpc) is 2.98. The van der Waals surface area contributed by atoms with Gasteiger partial charge in [0.05, 0.1) is 24.7 Å². The van der Waals surface area contributed by atoms with Crippen LogP contribution in [0.1, 0.15) is 0 Å². The summed E-state index contributed by atoms with van der Waals surface area (Å²) in [4.78, 5) is 19.7. The molecule has 3 rings (SSSR count). The second-order valence-electron chi connectivity index (χ2n) is 4.59. The summed E-state index contributed by atoms with van der Waals surface area (Å²) >= 11 is 0. The van der Waals surface area contributed by atoms with Crippen molar-refractivity contribution in [2.24, 2.45) is 0 Å². The van der Waals surface area contributed by atoms with Gasteiger partial charge in [0.1, 0.15) is 11.5 Å². The molecule has 1 amide bonds. The van der Waals surface area contributed by atoms with E-state index in [0.29, 0.717) is 5.82 Å². The number of rotatable bonds is 3. The van der Waals surface area contributed by atoms with E-state index in [1.165, 1.54) is 7.11 Å². The molecule has 0 saturated heterocycles. The quantitative estimate of drug-likeness (QED) is 0.776. The highest BCUT2D eigenvalue weighted by Gasteiger charge is 2.08. The maximum Gasteiger partial charge on any atom is 0.412 e. The summed E-state index contributed by atoms with van der Waals surface area (Å²) in [6.45, 7) is 0. The summed E-state index contributed by atoms with van der Waals surface area (Å²) in [5.74, 6) is 0.431. The van der Waals surface area contributed by atoms with Crippen molar-refractivity contribution in [3.05, 3.63) is 42.9 Å². The maximum absolute atomic E-state index is 11.1. The topological polar surface area (TPSA) is 80.5 Å². The van der Waals surface area contributed by atoms with Gasteiger partial charge in [-0.1, -0.05) is 0 Å². The number of hydrogen-bond donors (Lipinski definition) is 2. The zero-order chi connectivity index (χ0) is 15.5. The average molecular weight is 297 g/mol. The van der Waals surface area contributed by atoms with Crippen molar-refractivity contribution in [1.29, 1.82) is 0 Å². The van der Waals surface area contributed by atoms with Crippen LogP contribution in [-0.4, -0.2) is 34.6 Å². The van der Waals surface area contributed by atoms with Crippen LogP contribution >= 0.6 is 0 Å². The molecule has 7 heteroatoms. The zero-order valence-corrected chi connectivity index (χ0v) is 12.2. The van der Waals surface area contributed by atoms with Crippen molar-refractivity contribution in [2.45, 2.75) is 0 Å². The number of ether oxygens (including phenoxy) is 1. The third-order valence-electron chi connectivity index (χ3n) is 3.27. The number of nitrogens with one attached hydrogen (secondary N) is 2. The van der Waals surface area contributed by atoms with Gasteiger partial charge in [0.15, 0.2) is 0 Å². The summed E-state index contributed by atoms with van der Waals surface area (Å²) in [6.07, 6.45) is 4.90. The van der Waals surface area contributed by atoms with Crippen molar-refractivity contribution in [3.8, 4) is 11.3 Å². The number of pyridine rings is 2. The fraction of sp³-hybridized carbons (Fsp3) is 0.133. The first-order valence-corrected chi connectivity index (χ1v) is 6.67. The predicted octanol–water partition coefficient (Wildman–Crippen LogP) is 2.62. The molecule has 0 atom stereocenters. The van der Waals surface area contributed by atoms with Crippen LogP contribution < -0.4 is 10.6 Å². The maximum atomic E-state index is 11.1. The first-order chi connectivity index (χ1) is 10.7. The number of nitrogens with zero attached hydrogens (tertiary/aromatic N) is 3. The Kier molecular flexibility index (Phi) is 3.61. The third kappa shape index (κ3) is 2.56. The van der Waals surface area contributed by atoms with E-state index < -0.39 is 6.09 Å². The fourth-order valence-electron chi connectivity index (χ4n) is 2.12. The summed E-state index contributed by atoms with van der Waals surface area (Å²) in [5.41, 5.74) is 3.66. The van der Waals surface area contributed by atoms with Gasteiger partial charge < -0.3 is 10.1 Å². The Morgan fingerprint density at radius 2 is 2.05 bits per heavy atom. The SMILES string of the molecule is CNc1ccc2ncc(-c3ccc(NC(=O)OC)nc3)n2c1. The Morgan fingerprint density at radius 1 is 1.18 bits per heavy atom. The standard InChI is InChI=1S/C15H15N5O2/c1-16-11-4-6-14-18-8-12(20(14)9-11)10-3-5-13(17-7-10)19-15(21)22-2/h3-9,16H,1-2H3,(H,17,19,21). The van der Waals surface area contributed by atoms with E-state index in [1.54, 1.807) is 18.5 Å². The lowest BCUT2D eigenvalue weighted by molar-refractivity contribution is 0.187. The largest absolute Gasteiger partial charge is 0.453 e. The molecule has 22 heavy (non-hydrogen) atoms. The van der Waals surface area contributed by atoms with Crippen LogP contribution in [-0.2, 0) is 4.74 Å². The molecule has 0 fully saturated rings. The number of aromatic nitrogens is 3. The third-order valence-corrected chi connectivity index (χ3v) is 3.27. The molecule has 0 spiro atoms. The molecule has 2 N–H and O–H groups in total. The van der Waals surface area contributed by atoms with E-state index in [2.05, 4.69) is 25.3 Å². The summed E-state index contributed by atoms with van der Waals surface area (Å²) in [7, 11) is 3.17.